The first-order valence-corrected chi connectivity index (χ1v) is 6.35. The lowest BCUT2D eigenvalue weighted by Crippen LogP contribution is -2.38. The predicted molar refractivity (Wildman–Crippen MR) is 66.7 cm³/mol. The lowest BCUT2D eigenvalue weighted by atomic mass is 9.64. The van der Waals surface area contributed by atoms with Crippen LogP contribution in [-0.2, 0) is 13.0 Å². The molecule has 0 N–H and O–H groups in total. The summed E-state index contributed by atoms with van der Waals surface area (Å²) in [6.07, 6.45) is 7.97. The Kier molecular flexibility index (Phi) is 1.50. The lowest BCUT2D eigenvalue weighted by Gasteiger charge is -2.45. The van der Waals surface area contributed by atoms with Gasteiger partial charge in [-0.2, -0.15) is 0 Å². The van der Waals surface area contributed by atoms with E-state index in [1.807, 2.05) is 0 Å². The molecule has 1 aliphatic carbocycles. The molecule has 1 saturated carbocycles. The Morgan fingerprint density at radius 3 is 2.88 bits per heavy atom. The van der Waals surface area contributed by atoms with Gasteiger partial charge in [-0.25, -0.2) is 0 Å². The molecular weight excluding hydrogens is 194 g/mol. The fourth-order valence-electron chi connectivity index (χ4n) is 3.72. The van der Waals surface area contributed by atoms with E-state index in [0.29, 0.717) is 5.41 Å². The van der Waals surface area contributed by atoms with Crippen LogP contribution in [0.5, 0.6) is 0 Å². The summed E-state index contributed by atoms with van der Waals surface area (Å²) in [7, 11) is 0. The molecule has 0 saturated heterocycles. The first kappa shape index (κ1) is 8.86. The number of hydrogen-bond acceptors (Lipinski definition) is 0. The summed E-state index contributed by atoms with van der Waals surface area (Å²) in [5.74, 6) is 0. The van der Waals surface area contributed by atoms with Crippen molar-refractivity contribution in [3.8, 4) is 0 Å². The number of benzene rings is 1. The maximum atomic E-state index is 2.52. The normalized spacial score (nSPS) is 21.3. The van der Waals surface area contributed by atoms with E-state index in [4.69, 9.17) is 0 Å². The zero-order valence-electron chi connectivity index (χ0n) is 9.79. The number of hydrogen-bond donors (Lipinski definition) is 0. The molecule has 82 valence electrons. The molecule has 0 atom stereocenters. The minimum Gasteiger partial charge on any atom is -0.346 e. The van der Waals surface area contributed by atoms with Crippen molar-refractivity contribution in [3.63, 3.8) is 0 Å². The van der Waals surface area contributed by atoms with E-state index in [0.717, 1.165) is 0 Å². The van der Waals surface area contributed by atoms with Crippen LogP contribution in [-0.4, -0.2) is 4.57 Å². The summed E-state index contributed by atoms with van der Waals surface area (Å²) < 4.78 is 2.52. The van der Waals surface area contributed by atoms with Gasteiger partial charge in [0.1, 0.15) is 0 Å². The standard InChI is InChI=1S/C15H17N/c1-11-9-16-10-15(6-3-7-15)8-12-4-2-5-13(11)14(12)16/h2,4-5,9H,3,6-8,10H2,1H3. The lowest BCUT2D eigenvalue weighted by molar-refractivity contribution is 0.102. The fourth-order valence-corrected chi connectivity index (χ4v) is 3.72. The van der Waals surface area contributed by atoms with Crippen LogP contribution in [0.2, 0.25) is 0 Å². The second-order valence-corrected chi connectivity index (χ2v) is 5.78. The molecule has 2 aliphatic rings. The van der Waals surface area contributed by atoms with Gasteiger partial charge in [-0.05, 0) is 42.7 Å². The number of para-hydroxylation sites is 1. The van der Waals surface area contributed by atoms with Gasteiger partial charge in [-0.3, -0.25) is 0 Å². The van der Waals surface area contributed by atoms with Gasteiger partial charge in [-0.1, -0.05) is 24.6 Å². The van der Waals surface area contributed by atoms with Crippen molar-refractivity contribution in [2.24, 2.45) is 5.41 Å². The van der Waals surface area contributed by atoms with Crippen molar-refractivity contribution in [1.82, 2.24) is 4.57 Å². The Labute approximate surface area is 96.1 Å². The van der Waals surface area contributed by atoms with E-state index in [2.05, 4.69) is 35.9 Å². The van der Waals surface area contributed by atoms with E-state index in [9.17, 15) is 0 Å². The number of aromatic nitrogens is 1. The average Bonchev–Trinajstić information content (AvgIpc) is 2.55. The number of nitrogens with zero attached hydrogens (tertiary/aromatic N) is 1. The number of aryl methyl sites for hydroxylation is 1. The second-order valence-electron chi connectivity index (χ2n) is 5.78. The van der Waals surface area contributed by atoms with E-state index in [1.54, 1.807) is 5.56 Å². The van der Waals surface area contributed by atoms with Gasteiger partial charge < -0.3 is 4.57 Å². The first-order valence-electron chi connectivity index (χ1n) is 6.35. The second kappa shape index (κ2) is 2.71. The van der Waals surface area contributed by atoms with Crippen molar-refractivity contribution < 1.29 is 0 Å². The van der Waals surface area contributed by atoms with E-state index in [1.165, 1.54) is 48.7 Å². The molecule has 1 fully saturated rings. The smallest absolute Gasteiger partial charge is 0.0515 e. The minimum atomic E-state index is 0.618. The van der Waals surface area contributed by atoms with E-state index >= 15 is 0 Å². The monoisotopic (exact) mass is 211 g/mol. The summed E-state index contributed by atoms with van der Waals surface area (Å²) in [5.41, 5.74) is 5.15. The van der Waals surface area contributed by atoms with Crippen LogP contribution in [0.1, 0.15) is 30.4 Å². The zero-order valence-corrected chi connectivity index (χ0v) is 9.79. The largest absolute Gasteiger partial charge is 0.346 e. The van der Waals surface area contributed by atoms with E-state index in [-0.39, 0.29) is 0 Å². The van der Waals surface area contributed by atoms with E-state index < -0.39 is 0 Å². The summed E-state index contributed by atoms with van der Waals surface area (Å²) in [6, 6.07) is 6.83. The van der Waals surface area contributed by atoms with Gasteiger partial charge in [0.2, 0.25) is 0 Å². The number of rotatable bonds is 0. The molecule has 4 rings (SSSR count). The van der Waals surface area contributed by atoms with Crippen LogP contribution in [0, 0.1) is 12.3 Å². The van der Waals surface area contributed by atoms with Crippen molar-refractivity contribution >= 4 is 10.9 Å². The van der Waals surface area contributed by atoms with Crippen LogP contribution in [0.3, 0.4) is 0 Å². The van der Waals surface area contributed by atoms with Crippen LogP contribution in [0.15, 0.2) is 24.4 Å². The Morgan fingerprint density at radius 2 is 2.12 bits per heavy atom. The summed E-state index contributed by atoms with van der Waals surface area (Å²) >= 11 is 0. The molecule has 1 aromatic carbocycles. The Bertz CT molecular complexity index is 572. The van der Waals surface area contributed by atoms with Crippen molar-refractivity contribution in [2.45, 2.75) is 39.2 Å². The SMILES string of the molecule is Cc1cn2c3c(cccc13)CC1(CCC1)C2. The molecule has 1 aromatic heterocycles. The van der Waals surface area contributed by atoms with Gasteiger partial charge in [0.05, 0.1) is 5.52 Å². The maximum Gasteiger partial charge on any atom is 0.0515 e. The quantitative estimate of drug-likeness (QED) is 0.626. The Balaban J connectivity index is 2.00. The molecular formula is C15H17N. The Morgan fingerprint density at radius 1 is 1.25 bits per heavy atom. The zero-order chi connectivity index (χ0) is 10.8. The van der Waals surface area contributed by atoms with Gasteiger partial charge in [-0.15, -0.1) is 0 Å². The van der Waals surface area contributed by atoms with Crippen molar-refractivity contribution in [1.29, 1.82) is 0 Å². The highest BCUT2D eigenvalue weighted by atomic mass is 15.0. The molecule has 1 aliphatic heterocycles. The van der Waals surface area contributed by atoms with Crippen LogP contribution in [0.25, 0.3) is 10.9 Å². The molecule has 16 heavy (non-hydrogen) atoms. The first-order chi connectivity index (χ1) is 7.77. The minimum absolute atomic E-state index is 0.618. The molecule has 2 aromatic rings. The molecule has 0 radical (unpaired) electrons. The Hall–Kier alpha value is -1.24. The van der Waals surface area contributed by atoms with Crippen LogP contribution in [0.4, 0.5) is 0 Å². The van der Waals surface area contributed by atoms with Crippen LogP contribution < -0.4 is 0 Å². The molecule has 1 heteroatoms. The van der Waals surface area contributed by atoms with Gasteiger partial charge in [0.15, 0.2) is 0 Å². The average molecular weight is 211 g/mol. The fraction of sp³-hybridized carbons (Fsp3) is 0.467. The summed E-state index contributed by atoms with van der Waals surface area (Å²) in [5, 5.41) is 1.46. The third kappa shape index (κ3) is 0.965. The van der Waals surface area contributed by atoms with Crippen molar-refractivity contribution in [3.05, 3.63) is 35.5 Å². The predicted octanol–water partition coefficient (Wildman–Crippen LogP) is 3.68. The highest BCUT2D eigenvalue weighted by molar-refractivity contribution is 5.87. The molecule has 2 heterocycles. The maximum absolute atomic E-state index is 2.52. The third-order valence-electron chi connectivity index (χ3n) is 4.67. The van der Waals surface area contributed by atoms with Gasteiger partial charge >= 0.3 is 0 Å². The summed E-state index contributed by atoms with van der Waals surface area (Å²) in [4.78, 5) is 0. The molecule has 1 spiro atoms. The highest BCUT2D eigenvalue weighted by Gasteiger charge is 2.40. The summed E-state index contributed by atoms with van der Waals surface area (Å²) in [6.45, 7) is 3.50. The topological polar surface area (TPSA) is 4.93 Å². The van der Waals surface area contributed by atoms with Crippen molar-refractivity contribution in [2.75, 3.05) is 0 Å². The molecule has 1 nitrogen and oxygen atoms in total. The van der Waals surface area contributed by atoms with Gasteiger partial charge in [0, 0.05) is 18.1 Å². The molecule has 0 unspecified atom stereocenters. The van der Waals surface area contributed by atoms with Crippen LogP contribution >= 0.6 is 0 Å². The molecule has 0 amide bonds. The van der Waals surface area contributed by atoms with Gasteiger partial charge in [0.25, 0.3) is 0 Å². The molecule has 0 bridgehead atoms. The third-order valence-corrected chi connectivity index (χ3v) is 4.67. The highest BCUT2D eigenvalue weighted by Crippen LogP contribution is 2.49.